The number of para-hydroxylation sites is 1. The molecule has 0 aromatic heterocycles. The Morgan fingerprint density at radius 2 is 1.41 bits per heavy atom. The minimum Gasteiger partial charge on any atom is -0.493 e. The Morgan fingerprint density at radius 3 is 2.10 bits per heavy atom. The van der Waals surface area contributed by atoms with Gasteiger partial charge in [0, 0.05) is 16.7 Å². The predicted molar refractivity (Wildman–Crippen MR) is 107 cm³/mol. The molecular formula is C23H17NO5. The third-order valence-corrected chi connectivity index (χ3v) is 4.85. The van der Waals surface area contributed by atoms with E-state index in [1.165, 1.54) is 14.2 Å². The molecule has 0 saturated heterocycles. The van der Waals surface area contributed by atoms with Crippen molar-refractivity contribution in [1.29, 1.82) is 0 Å². The lowest BCUT2D eigenvalue weighted by atomic mass is 9.83. The van der Waals surface area contributed by atoms with Gasteiger partial charge < -0.3 is 14.8 Å². The van der Waals surface area contributed by atoms with E-state index < -0.39 is 5.91 Å². The number of benzene rings is 3. The maximum atomic E-state index is 13.1. The van der Waals surface area contributed by atoms with Gasteiger partial charge in [0.1, 0.15) is 0 Å². The molecule has 1 N–H and O–H groups in total. The number of carbonyl (C=O) groups excluding carboxylic acids is 3. The average molecular weight is 387 g/mol. The second kappa shape index (κ2) is 7.24. The quantitative estimate of drug-likeness (QED) is 0.577. The SMILES string of the molecule is COc1cccc(C(=O)Nc2cccc3c2C(=O)c2ccccc2C3=O)c1OC. The minimum absolute atomic E-state index is 0.186. The van der Waals surface area contributed by atoms with Gasteiger partial charge in [0.05, 0.1) is 31.0 Å². The van der Waals surface area contributed by atoms with Gasteiger partial charge in [-0.25, -0.2) is 0 Å². The van der Waals surface area contributed by atoms with E-state index in [1.54, 1.807) is 60.7 Å². The summed E-state index contributed by atoms with van der Waals surface area (Å²) < 4.78 is 10.6. The lowest BCUT2D eigenvalue weighted by Crippen LogP contribution is -2.24. The van der Waals surface area contributed by atoms with Gasteiger partial charge in [0.15, 0.2) is 23.1 Å². The highest BCUT2D eigenvalue weighted by molar-refractivity contribution is 6.30. The number of nitrogens with one attached hydrogen (secondary N) is 1. The van der Waals surface area contributed by atoms with Crippen molar-refractivity contribution in [3.05, 3.63) is 88.5 Å². The van der Waals surface area contributed by atoms with E-state index in [4.69, 9.17) is 9.47 Å². The molecule has 1 amide bonds. The van der Waals surface area contributed by atoms with Crippen molar-refractivity contribution in [2.45, 2.75) is 0 Å². The molecule has 3 aromatic carbocycles. The number of amides is 1. The van der Waals surface area contributed by atoms with Crippen LogP contribution in [0.15, 0.2) is 60.7 Å². The van der Waals surface area contributed by atoms with Crippen molar-refractivity contribution in [2.24, 2.45) is 0 Å². The Hall–Kier alpha value is -3.93. The first-order valence-electron chi connectivity index (χ1n) is 8.90. The van der Waals surface area contributed by atoms with Crippen LogP contribution in [0.3, 0.4) is 0 Å². The molecular weight excluding hydrogens is 370 g/mol. The third kappa shape index (κ3) is 2.95. The van der Waals surface area contributed by atoms with Crippen LogP contribution in [0.2, 0.25) is 0 Å². The molecule has 6 heteroatoms. The van der Waals surface area contributed by atoms with Crippen LogP contribution >= 0.6 is 0 Å². The van der Waals surface area contributed by atoms with Crippen molar-refractivity contribution < 1.29 is 23.9 Å². The van der Waals surface area contributed by atoms with E-state index in [9.17, 15) is 14.4 Å². The van der Waals surface area contributed by atoms with E-state index in [1.807, 2.05) is 0 Å². The van der Waals surface area contributed by atoms with E-state index >= 15 is 0 Å². The van der Waals surface area contributed by atoms with Gasteiger partial charge in [0.2, 0.25) is 0 Å². The van der Waals surface area contributed by atoms with Crippen molar-refractivity contribution in [1.82, 2.24) is 0 Å². The summed E-state index contributed by atoms with van der Waals surface area (Å²) >= 11 is 0. The lowest BCUT2D eigenvalue weighted by molar-refractivity contribution is 0.0978. The van der Waals surface area contributed by atoms with E-state index in [2.05, 4.69) is 5.32 Å². The molecule has 4 rings (SSSR count). The fraction of sp³-hybridized carbons (Fsp3) is 0.0870. The van der Waals surface area contributed by atoms with Gasteiger partial charge in [-0.15, -0.1) is 0 Å². The Bertz CT molecular complexity index is 1170. The average Bonchev–Trinajstić information content (AvgIpc) is 2.76. The molecule has 144 valence electrons. The summed E-state index contributed by atoms with van der Waals surface area (Å²) in [6.07, 6.45) is 0. The summed E-state index contributed by atoms with van der Waals surface area (Å²) in [6.45, 7) is 0. The number of hydrogen-bond donors (Lipinski definition) is 1. The highest BCUT2D eigenvalue weighted by Crippen LogP contribution is 2.34. The summed E-state index contributed by atoms with van der Waals surface area (Å²) in [6, 6.07) is 16.4. The van der Waals surface area contributed by atoms with Gasteiger partial charge in [0.25, 0.3) is 5.91 Å². The van der Waals surface area contributed by atoms with Crippen molar-refractivity contribution in [3.63, 3.8) is 0 Å². The highest BCUT2D eigenvalue weighted by Gasteiger charge is 2.32. The molecule has 0 spiro atoms. The molecule has 0 fully saturated rings. The van der Waals surface area contributed by atoms with Crippen LogP contribution < -0.4 is 14.8 Å². The van der Waals surface area contributed by atoms with Crippen molar-refractivity contribution in [2.75, 3.05) is 19.5 Å². The molecule has 0 heterocycles. The number of carbonyl (C=O) groups is 3. The highest BCUT2D eigenvalue weighted by atomic mass is 16.5. The molecule has 1 aliphatic carbocycles. The van der Waals surface area contributed by atoms with Gasteiger partial charge in [-0.1, -0.05) is 42.5 Å². The number of ether oxygens (including phenoxy) is 2. The normalized spacial score (nSPS) is 12.1. The molecule has 0 aliphatic heterocycles. The van der Waals surface area contributed by atoms with Crippen LogP contribution in [-0.2, 0) is 0 Å². The summed E-state index contributed by atoms with van der Waals surface area (Å²) in [4.78, 5) is 38.9. The molecule has 3 aromatic rings. The lowest BCUT2D eigenvalue weighted by Gasteiger charge is -2.20. The van der Waals surface area contributed by atoms with E-state index in [0.29, 0.717) is 16.9 Å². The van der Waals surface area contributed by atoms with Gasteiger partial charge in [-0.2, -0.15) is 0 Å². The van der Waals surface area contributed by atoms with Crippen molar-refractivity contribution >= 4 is 23.2 Å². The number of fused-ring (bicyclic) bond motifs is 2. The monoisotopic (exact) mass is 387 g/mol. The zero-order valence-electron chi connectivity index (χ0n) is 15.8. The fourth-order valence-electron chi connectivity index (χ4n) is 3.50. The maximum Gasteiger partial charge on any atom is 0.259 e. The zero-order valence-corrected chi connectivity index (χ0v) is 15.8. The molecule has 0 unspecified atom stereocenters. The summed E-state index contributed by atoms with van der Waals surface area (Å²) in [7, 11) is 2.92. The molecule has 29 heavy (non-hydrogen) atoms. The third-order valence-electron chi connectivity index (χ3n) is 4.85. The summed E-state index contributed by atoms with van der Waals surface area (Å²) in [5.41, 5.74) is 1.66. The van der Waals surface area contributed by atoms with Gasteiger partial charge >= 0.3 is 0 Å². The minimum atomic E-state index is -0.478. The Labute approximate surface area is 167 Å². The summed E-state index contributed by atoms with van der Waals surface area (Å²) in [5.74, 6) is -0.331. The van der Waals surface area contributed by atoms with E-state index in [0.717, 1.165) is 0 Å². The second-order valence-electron chi connectivity index (χ2n) is 6.43. The number of ketones is 2. The standard InChI is InChI=1S/C23H17NO5/c1-28-18-12-6-10-16(22(18)29-2)23(27)24-17-11-5-9-15-19(17)21(26)14-8-4-3-7-13(14)20(15)25/h3-12H,1-2H3,(H,24,27). The van der Waals surface area contributed by atoms with Crippen molar-refractivity contribution in [3.8, 4) is 11.5 Å². The predicted octanol–water partition coefficient (Wildman–Crippen LogP) is 3.73. The Morgan fingerprint density at radius 1 is 0.759 bits per heavy atom. The number of hydrogen-bond acceptors (Lipinski definition) is 5. The fourth-order valence-corrected chi connectivity index (χ4v) is 3.50. The van der Waals surface area contributed by atoms with Crippen LogP contribution in [0.25, 0.3) is 0 Å². The molecule has 0 atom stereocenters. The van der Waals surface area contributed by atoms with Gasteiger partial charge in [-0.3, -0.25) is 14.4 Å². The van der Waals surface area contributed by atoms with Crippen LogP contribution in [-0.4, -0.2) is 31.7 Å². The van der Waals surface area contributed by atoms with Crippen LogP contribution in [0.5, 0.6) is 11.5 Å². The Balaban J connectivity index is 1.77. The van der Waals surface area contributed by atoms with Gasteiger partial charge in [-0.05, 0) is 18.2 Å². The summed E-state index contributed by atoms with van der Waals surface area (Å²) in [5, 5.41) is 2.75. The number of methoxy groups -OCH3 is 2. The molecule has 1 aliphatic rings. The molecule has 0 saturated carbocycles. The molecule has 0 bridgehead atoms. The zero-order chi connectivity index (χ0) is 20.5. The molecule has 0 radical (unpaired) electrons. The van der Waals surface area contributed by atoms with E-state index in [-0.39, 0.29) is 39.7 Å². The Kier molecular flexibility index (Phi) is 4.60. The first kappa shape index (κ1) is 18.4. The maximum absolute atomic E-state index is 13.1. The van der Waals surface area contributed by atoms with Crippen LogP contribution in [0, 0.1) is 0 Å². The number of anilines is 1. The smallest absolute Gasteiger partial charge is 0.259 e. The first-order valence-corrected chi connectivity index (χ1v) is 8.90. The first-order chi connectivity index (χ1) is 14.1. The topological polar surface area (TPSA) is 81.7 Å². The second-order valence-corrected chi connectivity index (χ2v) is 6.43. The number of rotatable bonds is 4. The molecule has 6 nitrogen and oxygen atoms in total. The largest absolute Gasteiger partial charge is 0.493 e. The van der Waals surface area contributed by atoms with Crippen LogP contribution in [0.4, 0.5) is 5.69 Å². The van der Waals surface area contributed by atoms with Crippen LogP contribution in [0.1, 0.15) is 42.2 Å².